The van der Waals surface area contributed by atoms with E-state index in [-0.39, 0.29) is 11.3 Å². The SMILES string of the molecule is CN(CCc1ccncc1)C(=O)c1cc(F)c(F)cc1N. The molecule has 0 atom stereocenters. The second kappa shape index (κ2) is 6.30. The Morgan fingerprint density at radius 1 is 1.24 bits per heavy atom. The molecule has 4 nitrogen and oxygen atoms in total. The Balaban J connectivity index is 2.07. The van der Waals surface area contributed by atoms with E-state index >= 15 is 0 Å². The van der Waals surface area contributed by atoms with E-state index in [0.29, 0.717) is 13.0 Å². The summed E-state index contributed by atoms with van der Waals surface area (Å²) in [4.78, 5) is 17.5. The average Bonchev–Trinajstić information content (AvgIpc) is 2.49. The first-order valence-electron chi connectivity index (χ1n) is 6.38. The van der Waals surface area contributed by atoms with Crippen molar-refractivity contribution in [1.29, 1.82) is 0 Å². The molecule has 110 valence electrons. The Bertz CT molecular complexity index is 647. The van der Waals surface area contributed by atoms with Gasteiger partial charge in [-0.3, -0.25) is 9.78 Å². The maximum absolute atomic E-state index is 13.2. The Hall–Kier alpha value is -2.50. The quantitative estimate of drug-likeness (QED) is 0.879. The normalized spacial score (nSPS) is 10.4. The van der Waals surface area contributed by atoms with Gasteiger partial charge in [-0.05, 0) is 30.2 Å². The van der Waals surface area contributed by atoms with Gasteiger partial charge in [0.2, 0.25) is 0 Å². The second-order valence-corrected chi connectivity index (χ2v) is 4.69. The number of benzene rings is 1. The Kier molecular flexibility index (Phi) is 4.47. The monoisotopic (exact) mass is 291 g/mol. The number of carbonyl (C=O) groups is 1. The first-order chi connectivity index (χ1) is 9.99. The number of hydrogen-bond acceptors (Lipinski definition) is 3. The minimum Gasteiger partial charge on any atom is -0.398 e. The zero-order valence-corrected chi connectivity index (χ0v) is 11.5. The Morgan fingerprint density at radius 3 is 2.52 bits per heavy atom. The lowest BCUT2D eigenvalue weighted by molar-refractivity contribution is 0.0797. The number of hydrogen-bond donors (Lipinski definition) is 1. The Morgan fingerprint density at radius 2 is 1.86 bits per heavy atom. The summed E-state index contributed by atoms with van der Waals surface area (Å²) in [6, 6.07) is 5.35. The molecule has 0 aliphatic heterocycles. The fourth-order valence-electron chi connectivity index (χ4n) is 1.90. The molecule has 2 N–H and O–H groups in total. The summed E-state index contributed by atoms with van der Waals surface area (Å²) in [5.74, 6) is -2.60. The van der Waals surface area contributed by atoms with Crippen LogP contribution in [0.5, 0.6) is 0 Å². The molecule has 0 saturated heterocycles. The largest absolute Gasteiger partial charge is 0.398 e. The van der Waals surface area contributed by atoms with Crippen LogP contribution in [0.15, 0.2) is 36.7 Å². The topological polar surface area (TPSA) is 59.2 Å². The first-order valence-corrected chi connectivity index (χ1v) is 6.38. The molecule has 0 radical (unpaired) electrons. The van der Waals surface area contributed by atoms with Crippen molar-refractivity contribution in [3.63, 3.8) is 0 Å². The number of carbonyl (C=O) groups excluding carboxylic acids is 1. The predicted octanol–water partition coefficient (Wildman–Crippen LogP) is 2.26. The molecule has 1 aromatic carbocycles. The minimum absolute atomic E-state index is 0.0360. The summed E-state index contributed by atoms with van der Waals surface area (Å²) < 4.78 is 26.2. The molecule has 0 unspecified atom stereocenters. The lowest BCUT2D eigenvalue weighted by Crippen LogP contribution is -2.29. The van der Waals surface area contributed by atoms with E-state index in [0.717, 1.165) is 17.7 Å². The van der Waals surface area contributed by atoms with E-state index in [1.165, 1.54) is 4.90 Å². The number of nitrogens with two attached hydrogens (primary N) is 1. The van der Waals surface area contributed by atoms with Crippen molar-refractivity contribution in [3.8, 4) is 0 Å². The van der Waals surface area contributed by atoms with Crippen LogP contribution in [0.2, 0.25) is 0 Å². The zero-order chi connectivity index (χ0) is 15.4. The zero-order valence-electron chi connectivity index (χ0n) is 11.5. The van der Waals surface area contributed by atoms with Gasteiger partial charge in [0.25, 0.3) is 5.91 Å². The molecule has 2 rings (SSSR count). The molecule has 0 aliphatic carbocycles. The van der Waals surface area contributed by atoms with Gasteiger partial charge in [0.1, 0.15) is 0 Å². The number of likely N-dealkylation sites (N-methyl/N-ethyl adjacent to an activating group) is 1. The van der Waals surface area contributed by atoms with E-state index in [2.05, 4.69) is 4.98 Å². The van der Waals surface area contributed by atoms with Crippen LogP contribution in [-0.4, -0.2) is 29.4 Å². The van der Waals surface area contributed by atoms with Crippen LogP contribution in [0.25, 0.3) is 0 Å². The summed E-state index contributed by atoms with van der Waals surface area (Å²) in [7, 11) is 1.59. The van der Waals surface area contributed by atoms with Crippen LogP contribution in [-0.2, 0) is 6.42 Å². The standard InChI is InChI=1S/C15H15F2N3O/c1-20(7-4-10-2-5-19-6-3-10)15(21)11-8-12(16)13(17)9-14(11)18/h2-3,5-6,8-9H,4,7,18H2,1H3. The number of anilines is 1. The molecular weight excluding hydrogens is 276 g/mol. The highest BCUT2D eigenvalue weighted by Crippen LogP contribution is 2.18. The van der Waals surface area contributed by atoms with Gasteiger partial charge in [-0.1, -0.05) is 0 Å². The third-order valence-electron chi connectivity index (χ3n) is 3.15. The maximum Gasteiger partial charge on any atom is 0.255 e. The van der Waals surface area contributed by atoms with Gasteiger partial charge < -0.3 is 10.6 Å². The van der Waals surface area contributed by atoms with Gasteiger partial charge in [-0.2, -0.15) is 0 Å². The number of rotatable bonds is 4. The summed E-state index contributed by atoms with van der Waals surface area (Å²) in [5.41, 5.74) is 6.49. The smallest absolute Gasteiger partial charge is 0.255 e. The van der Waals surface area contributed by atoms with Crippen molar-refractivity contribution in [2.24, 2.45) is 0 Å². The molecule has 2 aromatic rings. The van der Waals surface area contributed by atoms with Gasteiger partial charge >= 0.3 is 0 Å². The number of pyridine rings is 1. The van der Waals surface area contributed by atoms with Crippen LogP contribution >= 0.6 is 0 Å². The average molecular weight is 291 g/mol. The van der Waals surface area contributed by atoms with Crippen LogP contribution in [0.1, 0.15) is 15.9 Å². The Labute approximate surface area is 121 Å². The van der Waals surface area contributed by atoms with Crippen LogP contribution in [0.3, 0.4) is 0 Å². The lowest BCUT2D eigenvalue weighted by Gasteiger charge is -2.18. The molecule has 0 bridgehead atoms. The van der Waals surface area contributed by atoms with Gasteiger partial charge in [-0.15, -0.1) is 0 Å². The van der Waals surface area contributed by atoms with Crippen LogP contribution in [0, 0.1) is 11.6 Å². The highest BCUT2D eigenvalue weighted by Gasteiger charge is 2.17. The molecule has 21 heavy (non-hydrogen) atoms. The first kappa shape index (κ1) is 14.9. The van der Waals surface area contributed by atoms with Gasteiger partial charge in [0.15, 0.2) is 11.6 Å². The maximum atomic E-state index is 13.2. The molecule has 1 heterocycles. The molecule has 6 heteroatoms. The number of aromatic nitrogens is 1. The number of amides is 1. The highest BCUT2D eigenvalue weighted by molar-refractivity contribution is 5.99. The van der Waals surface area contributed by atoms with E-state index in [4.69, 9.17) is 5.73 Å². The molecule has 0 spiro atoms. The van der Waals surface area contributed by atoms with Gasteiger partial charge in [-0.25, -0.2) is 8.78 Å². The van der Waals surface area contributed by atoms with E-state index in [1.54, 1.807) is 19.4 Å². The molecular formula is C15H15F2N3O. The van der Waals surface area contributed by atoms with Crippen molar-refractivity contribution in [2.75, 3.05) is 19.3 Å². The van der Waals surface area contributed by atoms with E-state index < -0.39 is 17.5 Å². The molecule has 0 aliphatic rings. The summed E-state index contributed by atoms with van der Waals surface area (Å²) in [5, 5.41) is 0. The molecule has 0 saturated carbocycles. The summed E-state index contributed by atoms with van der Waals surface area (Å²) in [6.07, 6.45) is 3.98. The minimum atomic E-state index is -1.09. The number of halogens is 2. The van der Waals surface area contributed by atoms with Gasteiger partial charge in [0, 0.05) is 37.7 Å². The van der Waals surface area contributed by atoms with E-state index in [1.807, 2.05) is 12.1 Å². The van der Waals surface area contributed by atoms with E-state index in [9.17, 15) is 13.6 Å². The lowest BCUT2D eigenvalue weighted by atomic mass is 10.1. The van der Waals surface area contributed by atoms with Crippen LogP contribution < -0.4 is 5.73 Å². The second-order valence-electron chi connectivity index (χ2n) is 4.69. The number of nitrogens with zero attached hydrogens (tertiary/aromatic N) is 2. The summed E-state index contributed by atoms with van der Waals surface area (Å²) >= 11 is 0. The third-order valence-corrected chi connectivity index (χ3v) is 3.15. The fraction of sp³-hybridized carbons (Fsp3) is 0.200. The molecule has 1 amide bonds. The van der Waals surface area contributed by atoms with Gasteiger partial charge in [0.05, 0.1) is 5.56 Å². The highest BCUT2D eigenvalue weighted by atomic mass is 19.2. The third kappa shape index (κ3) is 3.53. The van der Waals surface area contributed by atoms with Crippen molar-refractivity contribution in [1.82, 2.24) is 9.88 Å². The van der Waals surface area contributed by atoms with Crippen molar-refractivity contribution < 1.29 is 13.6 Å². The number of nitrogen functional groups attached to an aromatic ring is 1. The van der Waals surface area contributed by atoms with Crippen LogP contribution in [0.4, 0.5) is 14.5 Å². The van der Waals surface area contributed by atoms with Crippen molar-refractivity contribution in [3.05, 3.63) is 59.4 Å². The summed E-state index contributed by atoms with van der Waals surface area (Å²) in [6.45, 7) is 0.432. The predicted molar refractivity (Wildman–Crippen MR) is 75.7 cm³/mol. The van der Waals surface area contributed by atoms with Crippen molar-refractivity contribution >= 4 is 11.6 Å². The molecule has 1 aromatic heterocycles. The fourth-order valence-corrected chi connectivity index (χ4v) is 1.90. The molecule has 0 fully saturated rings. The van der Waals surface area contributed by atoms with Crippen molar-refractivity contribution in [2.45, 2.75) is 6.42 Å².